The zero-order chi connectivity index (χ0) is 12.9. The fraction of sp³-hybridized carbons (Fsp3) is 1.00. The van der Waals surface area contributed by atoms with Gasteiger partial charge < -0.3 is 0 Å². The van der Waals surface area contributed by atoms with E-state index >= 15 is 0 Å². The quantitative estimate of drug-likeness (QED) is 0.640. The second-order valence-corrected chi connectivity index (χ2v) is 7.99. The van der Waals surface area contributed by atoms with Gasteiger partial charge >= 0.3 is 0 Å². The maximum absolute atomic E-state index is 2.75. The molecular weight excluding hydrogens is 208 g/mol. The van der Waals surface area contributed by atoms with Crippen LogP contribution in [0.25, 0.3) is 0 Å². The third kappa shape index (κ3) is 2.39. The summed E-state index contributed by atoms with van der Waals surface area (Å²) in [7, 11) is 0. The van der Waals surface area contributed by atoms with Gasteiger partial charge in [-0.05, 0) is 67.3 Å². The normalized spacial score (nSPS) is 32.8. The van der Waals surface area contributed by atoms with E-state index in [0.717, 1.165) is 0 Å². The van der Waals surface area contributed by atoms with Gasteiger partial charge in [0.05, 0.1) is 0 Å². The molecule has 0 amide bonds. The highest BCUT2D eigenvalue weighted by Gasteiger charge is 2.51. The van der Waals surface area contributed by atoms with Gasteiger partial charge in [0.2, 0.25) is 0 Å². The third-order valence-corrected chi connectivity index (χ3v) is 4.69. The molecule has 0 aromatic rings. The number of likely N-dealkylation sites (tertiary alicyclic amines) is 2. The lowest BCUT2D eigenvalue weighted by Gasteiger charge is -2.63. The largest absolute Gasteiger partial charge is 0.297 e. The lowest BCUT2D eigenvalue weighted by molar-refractivity contribution is -0.127. The molecule has 100 valence electrons. The van der Waals surface area contributed by atoms with Crippen molar-refractivity contribution in [3.63, 3.8) is 0 Å². The minimum Gasteiger partial charge on any atom is -0.297 e. The molecule has 2 saturated heterocycles. The number of piperidine rings is 1. The summed E-state index contributed by atoms with van der Waals surface area (Å²) < 4.78 is 0. The molecule has 17 heavy (non-hydrogen) atoms. The van der Waals surface area contributed by atoms with Crippen molar-refractivity contribution in [2.75, 3.05) is 19.6 Å². The fourth-order valence-electron chi connectivity index (χ4n) is 3.70. The van der Waals surface area contributed by atoms with Crippen molar-refractivity contribution >= 4 is 0 Å². The first-order valence-electron chi connectivity index (χ1n) is 7.18. The predicted molar refractivity (Wildman–Crippen MR) is 74.4 cm³/mol. The van der Waals surface area contributed by atoms with E-state index in [4.69, 9.17) is 0 Å². The number of hydrogen-bond donors (Lipinski definition) is 0. The summed E-state index contributed by atoms with van der Waals surface area (Å²) in [6.07, 6.45) is 4.16. The van der Waals surface area contributed by atoms with Gasteiger partial charge in [-0.1, -0.05) is 0 Å². The fourth-order valence-corrected chi connectivity index (χ4v) is 3.70. The van der Waals surface area contributed by atoms with Gasteiger partial charge in [0.15, 0.2) is 0 Å². The van der Waals surface area contributed by atoms with Crippen LogP contribution in [0.15, 0.2) is 0 Å². The number of rotatable bonds is 0. The number of hydrogen-bond acceptors (Lipinski definition) is 2. The molecule has 2 heteroatoms. The highest BCUT2D eigenvalue weighted by Crippen LogP contribution is 2.44. The Labute approximate surface area is 107 Å². The van der Waals surface area contributed by atoms with Crippen LogP contribution >= 0.6 is 0 Å². The molecule has 0 radical (unpaired) electrons. The molecule has 0 bridgehead atoms. The molecule has 2 fully saturated rings. The summed E-state index contributed by atoms with van der Waals surface area (Å²) in [5.41, 5.74) is 1.15. The van der Waals surface area contributed by atoms with Crippen LogP contribution in [-0.4, -0.2) is 46.1 Å². The minimum atomic E-state index is 0.326. The van der Waals surface area contributed by atoms with Crippen LogP contribution in [-0.2, 0) is 0 Å². The average molecular weight is 238 g/mol. The third-order valence-electron chi connectivity index (χ3n) is 4.69. The van der Waals surface area contributed by atoms with E-state index in [0.29, 0.717) is 16.6 Å². The molecule has 0 saturated carbocycles. The molecule has 2 rings (SSSR count). The second kappa shape index (κ2) is 3.96. The summed E-state index contributed by atoms with van der Waals surface area (Å²) in [4.78, 5) is 5.44. The van der Waals surface area contributed by atoms with Crippen LogP contribution < -0.4 is 0 Å². The minimum absolute atomic E-state index is 0.326. The molecule has 0 aromatic heterocycles. The Balaban J connectivity index is 2.12. The van der Waals surface area contributed by atoms with E-state index in [1.165, 1.54) is 38.9 Å². The molecule has 2 nitrogen and oxygen atoms in total. The Bertz CT molecular complexity index is 284. The summed E-state index contributed by atoms with van der Waals surface area (Å²) in [5, 5.41) is 0. The van der Waals surface area contributed by atoms with E-state index in [1.807, 2.05) is 0 Å². The number of nitrogens with zero attached hydrogens (tertiary/aromatic N) is 2. The van der Waals surface area contributed by atoms with Crippen molar-refractivity contribution < 1.29 is 0 Å². The van der Waals surface area contributed by atoms with Crippen LogP contribution in [0.2, 0.25) is 0 Å². The summed E-state index contributed by atoms with van der Waals surface area (Å²) in [5.74, 6) is 0. The Morgan fingerprint density at radius 3 is 1.88 bits per heavy atom. The highest BCUT2D eigenvalue weighted by molar-refractivity contribution is 5.08. The molecule has 0 aliphatic carbocycles. The molecule has 0 aromatic carbocycles. The van der Waals surface area contributed by atoms with Crippen molar-refractivity contribution in [1.29, 1.82) is 0 Å². The average Bonchev–Trinajstić information content (AvgIpc) is 2.12. The molecule has 2 aliphatic heterocycles. The zero-order valence-electron chi connectivity index (χ0n) is 12.6. The Morgan fingerprint density at radius 2 is 1.47 bits per heavy atom. The van der Waals surface area contributed by atoms with Crippen molar-refractivity contribution in [3.05, 3.63) is 0 Å². The predicted octanol–water partition coefficient (Wildman–Crippen LogP) is 3.12. The smallest absolute Gasteiger partial charge is 0.0354 e. The first kappa shape index (κ1) is 13.4. The van der Waals surface area contributed by atoms with E-state index in [9.17, 15) is 0 Å². The molecule has 0 N–H and O–H groups in total. The van der Waals surface area contributed by atoms with E-state index in [2.05, 4.69) is 51.3 Å². The maximum atomic E-state index is 2.75. The highest BCUT2D eigenvalue weighted by atomic mass is 15.4. The van der Waals surface area contributed by atoms with Gasteiger partial charge in [0.1, 0.15) is 0 Å². The summed E-state index contributed by atoms with van der Waals surface area (Å²) in [6, 6.07) is 0. The standard InChI is InChI=1S/C15H30N2/c1-13(2,3)16-10-7-8-15(12-16)9-11-17(15)14(4,5)6/h7-12H2,1-6H3. The Kier molecular flexibility index (Phi) is 3.11. The monoisotopic (exact) mass is 238 g/mol. The SMILES string of the molecule is CC(C)(C)N1CCCC2(CCN2C(C)(C)C)C1. The lowest BCUT2D eigenvalue weighted by atomic mass is 9.73. The molecule has 1 atom stereocenters. The Hall–Kier alpha value is -0.0800. The van der Waals surface area contributed by atoms with Crippen LogP contribution in [0.4, 0.5) is 0 Å². The summed E-state index contributed by atoms with van der Waals surface area (Å²) in [6.45, 7) is 18.0. The van der Waals surface area contributed by atoms with Gasteiger partial charge in [-0.3, -0.25) is 9.80 Å². The van der Waals surface area contributed by atoms with Crippen LogP contribution in [0.1, 0.15) is 60.8 Å². The van der Waals surface area contributed by atoms with Gasteiger partial charge in [-0.25, -0.2) is 0 Å². The topological polar surface area (TPSA) is 6.48 Å². The second-order valence-electron chi connectivity index (χ2n) is 7.99. The van der Waals surface area contributed by atoms with Gasteiger partial charge in [0, 0.05) is 29.7 Å². The molecule has 1 unspecified atom stereocenters. The van der Waals surface area contributed by atoms with E-state index < -0.39 is 0 Å². The molecular formula is C15H30N2. The zero-order valence-corrected chi connectivity index (χ0v) is 12.6. The van der Waals surface area contributed by atoms with Crippen molar-refractivity contribution in [2.24, 2.45) is 0 Å². The van der Waals surface area contributed by atoms with Crippen LogP contribution in [0.5, 0.6) is 0 Å². The Morgan fingerprint density at radius 1 is 0.824 bits per heavy atom. The van der Waals surface area contributed by atoms with E-state index in [-0.39, 0.29) is 0 Å². The van der Waals surface area contributed by atoms with Crippen molar-refractivity contribution in [2.45, 2.75) is 77.4 Å². The summed E-state index contributed by atoms with van der Waals surface area (Å²) >= 11 is 0. The first-order valence-corrected chi connectivity index (χ1v) is 7.18. The van der Waals surface area contributed by atoms with E-state index in [1.54, 1.807) is 0 Å². The molecule has 1 spiro atoms. The van der Waals surface area contributed by atoms with Crippen molar-refractivity contribution in [3.8, 4) is 0 Å². The van der Waals surface area contributed by atoms with Gasteiger partial charge in [0.25, 0.3) is 0 Å². The van der Waals surface area contributed by atoms with Crippen LogP contribution in [0.3, 0.4) is 0 Å². The lowest BCUT2D eigenvalue weighted by Crippen LogP contribution is -2.72. The first-order chi connectivity index (χ1) is 7.65. The molecule has 2 heterocycles. The van der Waals surface area contributed by atoms with Gasteiger partial charge in [-0.2, -0.15) is 0 Å². The van der Waals surface area contributed by atoms with Crippen molar-refractivity contribution in [1.82, 2.24) is 9.80 Å². The van der Waals surface area contributed by atoms with Gasteiger partial charge in [-0.15, -0.1) is 0 Å². The van der Waals surface area contributed by atoms with Crippen LogP contribution in [0, 0.1) is 0 Å². The molecule has 2 aliphatic rings. The maximum Gasteiger partial charge on any atom is 0.0354 e.